The molecule has 1 N–H and O–H groups in total. The fourth-order valence-corrected chi connectivity index (χ4v) is 2.57. The van der Waals surface area contributed by atoms with Crippen LogP contribution in [0.15, 0.2) is 0 Å². The summed E-state index contributed by atoms with van der Waals surface area (Å²) in [6.45, 7) is 9.08. The number of sulfone groups is 1. The Hall–Kier alpha value is -0.130. The average Bonchev–Trinajstić information content (AvgIpc) is 2.18. The molecule has 1 atom stereocenters. The van der Waals surface area contributed by atoms with Crippen LogP contribution in [0.3, 0.4) is 0 Å². The van der Waals surface area contributed by atoms with E-state index in [1.165, 1.54) is 6.26 Å². The van der Waals surface area contributed by atoms with E-state index in [2.05, 4.69) is 26.1 Å². The first-order valence-corrected chi connectivity index (χ1v) is 8.60. The predicted octanol–water partition coefficient (Wildman–Crippen LogP) is 1.71. The van der Waals surface area contributed by atoms with Crippen LogP contribution in [0.5, 0.6) is 0 Å². The van der Waals surface area contributed by atoms with Gasteiger partial charge in [0.25, 0.3) is 0 Å². The molecule has 0 saturated heterocycles. The zero-order valence-corrected chi connectivity index (χ0v) is 13.3. The number of hydrogen-bond acceptors (Lipinski definition) is 4. The smallest absolute Gasteiger partial charge is 0.147 e. The van der Waals surface area contributed by atoms with E-state index in [9.17, 15) is 8.42 Å². The van der Waals surface area contributed by atoms with Gasteiger partial charge in [-0.15, -0.1) is 0 Å². The van der Waals surface area contributed by atoms with Crippen molar-refractivity contribution in [1.82, 2.24) is 5.32 Å². The molecule has 0 heterocycles. The Morgan fingerprint density at radius 3 is 2.33 bits per heavy atom. The van der Waals surface area contributed by atoms with Crippen molar-refractivity contribution in [3.05, 3.63) is 0 Å². The van der Waals surface area contributed by atoms with Gasteiger partial charge in [0.1, 0.15) is 9.84 Å². The lowest BCUT2D eigenvalue weighted by Gasteiger charge is -2.31. The molecule has 0 rings (SSSR count). The Morgan fingerprint density at radius 2 is 1.89 bits per heavy atom. The fourth-order valence-electron chi connectivity index (χ4n) is 1.88. The lowest BCUT2D eigenvalue weighted by Crippen LogP contribution is -2.33. The number of hydrogen-bond donors (Lipinski definition) is 1. The van der Waals surface area contributed by atoms with E-state index in [0.29, 0.717) is 12.5 Å². The minimum absolute atomic E-state index is 0.192. The molecule has 18 heavy (non-hydrogen) atoms. The van der Waals surface area contributed by atoms with Crippen LogP contribution in [-0.2, 0) is 14.6 Å². The van der Waals surface area contributed by atoms with Crippen molar-refractivity contribution in [2.24, 2.45) is 11.3 Å². The first kappa shape index (κ1) is 17.9. The lowest BCUT2D eigenvalue weighted by molar-refractivity contribution is 0.183. The molecule has 5 heteroatoms. The topological polar surface area (TPSA) is 55.4 Å². The Kier molecular flexibility index (Phi) is 8.06. The number of methoxy groups -OCH3 is 1. The third-order valence-electron chi connectivity index (χ3n) is 3.17. The zero-order valence-electron chi connectivity index (χ0n) is 12.5. The van der Waals surface area contributed by atoms with E-state index in [1.54, 1.807) is 7.11 Å². The Bertz CT molecular complexity index is 307. The molecular weight excluding hydrogens is 250 g/mol. The van der Waals surface area contributed by atoms with E-state index in [-0.39, 0.29) is 11.2 Å². The maximum absolute atomic E-state index is 11.1. The van der Waals surface area contributed by atoms with Crippen molar-refractivity contribution < 1.29 is 13.2 Å². The highest BCUT2D eigenvalue weighted by Gasteiger charge is 2.24. The molecular formula is C13H29NO3S. The molecule has 0 aromatic heterocycles. The molecule has 110 valence electrons. The first-order valence-electron chi connectivity index (χ1n) is 6.54. The van der Waals surface area contributed by atoms with E-state index in [4.69, 9.17) is 4.74 Å². The van der Waals surface area contributed by atoms with Gasteiger partial charge in [-0.05, 0) is 30.7 Å². The average molecular weight is 279 g/mol. The molecule has 0 aromatic rings. The van der Waals surface area contributed by atoms with Crippen molar-refractivity contribution in [1.29, 1.82) is 0 Å². The van der Waals surface area contributed by atoms with Crippen LogP contribution >= 0.6 is 0 Å². The second-order valence-electron chi connectivity index (χ2n) is 6.03. The normalized spacial score (nSPS) is 14.7. The maximum Gasteiger partial charge on any atom is 0.147 e. The van der Waals surface area contributed by atoms with Gasteiger partial charge in [-0.1, -0.05) is 20.8 Å². The van der Waals surface area contributed by atoms with Gasteiger partial charge in [-0.2, -0.15) is 0 Å². The Balaban J connectivity index is 4.09. The summed E-state index contributed by atoms with van der Waals surface area (Å²) in [5, 5.41) is 3.37. The zero-order chi connectivity index (χ0) is 14.2. The van der Waals surface area contributed by atoms with Crippen LogP contribution < -0.4 is 5.32 Å². The summed E-state index contributed by atoms with van der Waals surface area (Å²) in [7, 11) is -1.15. The largest absolute Gasteiger partial charge is 0.383 e. The number of nitrogens with one attached hydrogen (secondary N) is 1. The Labute approximate surface area is 112 Å². The van der Waals surface area contributed by atoms with Crippen LogP contribution in [0.2, 0.25) is 0 Å². The monoisotopic (exact) mass is 279 g/mol. The Morgan fingerprint density at radius 1 is 1.28 bits per heavy atom. The van der Waals surface area contributed by atoms with Crippen molar-refractivity contribution in [3.8, 4) is 0 Å². The second-order valence-corrected chi connectivity index (χ2v) is 8.29. The van der Waals surface area contributed by atoms with Crippen LogP contribution in [0.4, 0.5) is 0 Å². The minimum atomic E-state index is -2.83. The van der Waals surface area contributed by atoms with E-state index < -0.39 is 9.84 Å². The highest BCUT2D eigenvalue weighted by molar-refractivity contribution is 7.90. The third-order valence-corrected chi connectivity index (χ3v) is 4.20. The molecule has 0 fully saturated rings. The van der Waals surface area contributed by atoms with Gasteiger partial charge in [0, 0.05) is 25.7 Å². The van der Waals surface area contributed by atoms with Gasteiger partial charge >= 0.3 is 0 Å². The molecule has 1 unspecified atom stereocenters. The molecule has 0 aliphatic carbocycles. The lowest BCUT2D eigenvalue weighted by atomic mass is 9.78. The van der Waals surface area contributed by atoms with Crippen molar-refractivity contribution in [2.45, 2.75) is 33.6 Å². The van der Waals surface area contributed by atoms with E-state index >= 15 is 0 Å². The third kappa shape index (κ3) is 9.85. The van der Waals surface area contributed by atoms with Crippen molar-refractivity contribution in [3.63, 3.8) is 0 Å². The molecule has 0 aliphatic heterocycles. The molecule has 0 aromatic carbocycles. The molecule has 0 bridgehead atoms. The molecule has 0 spiro atoms. The van der Waals surface area contributed by atoms with Crippen LogP contribution in [0, 0.1) is 11.3 Å². The number of ether oxygens (including phenoxy) is 1. The maximum atomic E-state index is 11.1. The molecule has 0 radical (unpaired) electrons. The summed E-state index contributed by atoms with van der Waals surface area (Å²) < 4.78 is 27.3. The quantitative estimate of drug-likeness (QED) is 0.653. The molecule has 0 aliphatic rings. The fraction of sp³-hybridized carbons (Fsp3) is 1.00. The van der Waals surface area contributed by atoms with Crippen LogP contribution in [0.25, 0.3) is 0 Å². The summed E-state index contributed by atoms with van der Waals surface area (Å²) in [5.74, 6) is 0.772. The van der Waals surface area contributed by atoms with Gasteiger partial charge in [0.15, 0.2) is 0 Å². The van der Waals surface area contributed by atoms with Gasteiger partial charge in [0.2, 0.25) is 0 Å². The molecule has 0 saturated carbocycles. The van der Waals surface area contributed by atoms with Gasteiger partial charge < -0.3 is 10.1 Å². The van der Waals surface area contributed by atoms with Gasteiger partial charge in [0.05, 0.1) is 6.61 Å². The number of rotatable bonds is 9. The summed E-state index contributed by atoms with van der Waals surface area (Å²) in [6.07, 6.45) is 2.99. The first-order chi connectivity index (χ1) is 8.17. The summed E-state index contributed by atoms with van der Waals surface area (Å²) in [4.78, 5) is 0. The highest BCUT2D eigenvalue weighted by atomic mass is 32.2. The second kappa shape index (κ2) is 8.12. The predicted molar refractivity (Wildman–Crippen MR) is 76.6 cm³/mol. The minimum Gasteiger partial charge on any atom is -0.383 e. The standard InChI is InChI=1S/C13H29NO3S/c1-13(2,3)12(11-14-8-9-17-4)7-6-10-18(5,15)16/h12,14H,6-11H2,1-5H3. The van der Waals surface area contributed by atoms with E-state index in [0.717, 1.165) is 25.9 Å². The van der Waals surface area contributed by atoms with Crippen molar-refractivity contribution in [2.75, 3.05) is 38.8 Å². The van der Waals surface area contributed by atoms with E-state index in [1.807, 2.05) is 0 Å². The molecule has 0 amide bonds. The SMILES string of the molecule is COCCNCC(CCCS(C)(=O)=O)C(C)(C)C. The van der Waals surface area contributed by atoms with Crippen molar-refractivity contribution >= 4 is 9.84 Å². The molecule has 4 nitrogen and oxygen atoms in total. The summed E-state index contributed by atoms with van der Waals surface area (Å²) >= 11 is 0. The summed E-state index contributed by atoms with van der Waals surface area (Å²) in [5.41, 5.74) is 0.192. The van der Waals surface area contributed by atoms with Crippen LogP contribution in [0.1, 0.15) is 33.6 Å². The highest BCUT2D eigenvalue weighted by Crippen LogP contribution is 2.29. The van der Waals surface area contributed by atoms with Crippen LogP contribution in [-0.4, -0.2) is 47.2 Å². The summed E-state index contributed by atoms with van der Waals surface area (Å²) in [6, 6.07) is 0. The van der Waals surface area contributed by atoms with Gasteiger partial charge in [-0.3, -0.25) is 0 Å². The van der Waals surface area contributed by atoms with Gasteiger partial charge in [-0.25, -0.2) is 8.42 Å².